The van der Waals surface area contributed by atoms with Gasteiger partial charge in [-0.2, -0.15) is 0 Å². The molecule has 82 valence electrons. The van der Waals surface area contributed by atoms with Gasteiger partial charge in [-0.3, -0.25) is 4.79 Å². The Balaban J connectivity index is 3.33. The lowest BCUT2D eigenvalue weighted by molar-refractivity contribution is -0.144. The molecule has 0 aromatic heterocycles. The van der Waals surface area contributed by atoms with Gasteiger partial charge in [0, 0.05) is 12.1 Å². The van der Waals surface area contributed by atoms with E-state index in [1.165, 1.54) is 24.3 Å². The highest BCUT2D eigenvalue weighted by molar-refractivity contribution is 5.83. The molecule has 0 spiro atoms. The molecule has 0 aliphatic rings. The van der Waals surface area contributed by atoms with Crippen LogP contribution in [0.15, 0.2) is 24.3 Å². The van der Waals surface area contributed by atoms with E-state index in [2.05, 4.69) is 0 Å². The van der Waals surface area contributed by atoms with Gasteiger partial charge < -0.3 is 15.9 Å². The largest absolute Gasteiger partial charge is 0.508 e. The first-order valence-electron chi connectivity index (χ1n) is 4.36. The van der Waals surface area contributed by atoms with Crippen LogP contribution in [0.4, 0.5) is 4.39 Å². The number of alkyl halides is 1. The van der Waals surface area contributed by atoms with Crippen LogP contribution in [0.5, 0.6) is 5.75 Å². The number of carboxylic acids is 1. The maximum Gasteiger partial charge on any atom is 0.318 e. The highest BCUT2D eigenvalue weighted by atomic mass is 19.1. The molecule has 0 saturated carbocycles. The molecule has 1 atom stereocenters. The molecule has 0 aliphatic heterocycles. The normalized spacial score (nSPS) is 14.5. The monoisotopic (exact) mass is 213 g/mol. The lowest BCUT2D eigenvalue weighted by Gasteiger charge is -2.25. The zero-order chi connectivity index (χ0) is 11.5. The van der Waals surface area contributed by atoms with E-state index >= 15 is 0 Å². The van der Waals surface area contributed by atoms with Crippen LogP contribution >= 0.6 is 0 Å². The third-order valence-electron chi connectivity index (χ3n) is 2.41. The third-order valence-corrected chi connectivity index (χ3v) is 2.41. The van der Waals surface area contributed by atoms with Gasteiger partial charge in [0.2, 0.25) is 0 Å². The summed E-state index contributed by atoms with van der Waals surface area (Å²) >= 11 is 0. The summed E-state index contributed by atoms with van der Waals surface area (Å²) in [6.07, 6.45) is 0. The molecule has 0 aliphatic carbocycles. The van der Waals surface area contributed by atoms with Crippen molar-refractivity contribution in [3.05, 3.63) is 29.8 Å². The van der Waals surface area contributed by atoms with Gasteiger partial charge in [-0.25, -0.2) is 4.39 Å². The smallest absolute Gasteiger partial charge is 0.318 e. The number of aromatic hydroxyl groups is 1. The van der Waals surface area contributed by atoms with Gasteiger partial charge in [-0.15, -0.1) is 0 Å². The maximum atomic E-state index is 12.9. The highest BCUT2D eigenvalue weighted by Gasteiger charge is 2.41. The number of rotatable bonds is 4. The third kappa shape index (κ3) is 1.78. The zero-order valence-corrected chi connectivity index (χ0v) is 7.98. The predicted octanol–water partition coefficient (Wildman–Crippen LogP) is 0.643. The van der Waals surface area contributed by atoms with Crippen LogP contribution in [0, 0.1) is 0 Å². The molecule has 0 saturated heterocycles. The molecule has 0 heterocycles. The van der Waals surface area contributed by atoms with Gasteiger partial charge in [0.15, 0.2) is 0 Å². The number of carboxylic acid groups (broad SMARTS) is 1. The van der Waals surface area contributed by atoms with E-state index < -0.39 is 24.6 Å². The summed E-state index contributed by atoms with van der Waals surface area (Å²) in [6, 6.07) is 5.71. The summed E-state index contributed by atoms with van der Waals surface area (Å²) in [5.74, 6) is -1.64. The Morgan fingerprint density at radius 2 is 2.07 bits per heavy atom. The van der Waals surface area contributed by atoms with E-state index in [4.69, 9.17) is 10.8 Å². The molecule has 0 amide bonds. The molecule has 1 unspecified atom stereocenters. The average Bonchev–Trinajstić information content (AvgIpc) is 2.22. The van der Waals surface area contributed by atoms with E-state index in [9.17, 15) is 14.3 Å². The minimum atomic E-state index is -1.86. The second-order valence-corrected chi connectivity index (χ2v) is 3.24. The van der Waals surface area contributed by atoms with Gasteiger partial charge in [0.1, 0.15) is 17.8 Å². The summed E-state index contributed by atoms with van der Waals surface area (Å²) < 4.78 is 12.9. The van der Waals surface area contributed by atoms with Crippen molar-refractivity contribution in [3.8, 4) is 5.75 Å². The first-order chi connectivity index (χ1) is 7.08. The van der Waals surface area contributed by atoms with Crippen molar-refractivity contribution in [2.45, 2.75) is 5.41 Å². The molecule has 0 bridgehead atoms. The van der Waals surface area contributed by atoms with Crippen LogP contribution < -0.4 is 5.73 Å². The Kier molecular flexibility index (Phi) is 3.26. The minimum Gasteiger partial charge on any atom is -0.508 e. The van der Waals surface area contributed by atoms with Crippen molar-refractivity contribution >= 4 is 5.97 Å². The number of hydrogen-bond acceptors (Lipinski definition) is 3. The Labute approximate surface area is 86.1 Å². The highest BCUT2D eigenvalue weighted by Crippen LogP contribution is 2.31. The van der Waals surface area contributed by atoms with Crippen LogP contribution in [0.3, 0.4) is 0 Å². The van der Waals surface area contributed by atoms with Gasteiger partial charge in [0.25, 0.3) is 0 Å². The van der Waals surface area contributed by atoms with E-state index in [1.54, 1.807) is 0 Å². The molecule has 0 fully saturated rings. The number of halogens is 1. The number of carbonyl (C=O) groups is 1. The Morgan fingerprint density at radius 1 is 1.47 bits per heavy atom. The van der Waals surface area contributed by atoms with E-state index in [0.717, 1.165) is 0 Å². The van der Waals surface area contributed by atoms with E-state index in [1.807, 2.05) is 0 Å². The van der Waals surface area contributed by atoms with Gasteiger partial charge in [0.05, 0.1) is 0 Å². The summed E-state index contributed by atoms with van der Waals surface area (Å²) in [5.41, 5.74) is 3.43. The predicted molar refractivity (Wildman–Crippen MR) is 52.5 cm³/mol. The van der Waals surface area contributed by atoms with Crippen molar-refractivity contribution < 1.29 is 19.4 Å². The van der Waals surface area contributed by atoms with Gasteiger partial charge >= 0.3 is 5.97 Å². The molecule has 5 heteroatoms. The second-order valence-electron chi connectivity index (χ2n) is 3.24. The second kappa shape index (κ2) is 4.27. The van der Waals surface area contributed by atoms with Crippen LogP contribution in [0.1, 0.15) is 5.56 Å². The molecule has 1 aromatic carbocycles. The maximum absolute atomic E-state index is 12.9. The van der Waals surface area contributed by atoms with Crippen LogP contribution in [-0.2, 0) is 10.2 Å². The number of phenolic OH excluding ortho intramolecular Hbond substituents is 1. The number of para-hydroxylation sites is 1. The van der Waals surface area contributed by atoms with Crippen molar-refractivity contribution in [1.82, 2.24) is 0 Å². The lowest BCUT2D eigenvalue weighted by atomic mass is 9.81. The molecule has 4 N–H and O–H groups in total. The summed E-state index contributed by atoms with van der Waals surface area (Å²) in [4.78, 5) is 11.0. The number of aliphatic carboxylic acids is 1. The zero-order valence-electron chi connectivity index (χ0n) is 7.98. The van der Waals surface area contributed by atoms with Crippen molar-refractivity contribution in [3.63, 3.8) is 0 Å². The molecule has 0 radical (unpaired) electrons. The molecule has 4 nitrogen and oxygen atoms in total. The van der Waals surface area contributed by atoms with Crippen molar-refractivity contribution in [1.29, 1.82) is 0 Å². The average molecular weight is 213 g/mol. The molecule has 15 heavy (non-hydrogen) atoms. The van der Waals surface area contributed by atoms with E-state index in [0.29, 0.717) is 0 Å². The van der Waals surface area contributed by atoms with Gasteiger partial charge in [-0.05, 0) is 6.07 Å². The fourth-order valence-corrected chi connectivity index (χ4v) is 1.37. The summed E-state index contributed by atoms with van der Waals surface area (Å²) in [7, 11) is 0. The first kappa shape index (κ1) is 11.5. The summed E-state index contributed by atoms with van der Waals surface area (Å²) in [5, 5.41) is 18.4. The van der Waals surface area contributed by atoms with Gasteiger partial charge in [-0.1, -0.05) is 18.2 Å². The van der Waals surface area contributed by atoms with Crippen LogP contribution in [-0.4, -0.2) is 29.4 Å². The van der Waals surface area contributed by atoms with E-state index in [-0.39, 0.29) is 11.3 Å². The van der Waals surface area contributed by atoms with Crippen molar-refractivity contribution in [2.75, 3.05) is 13.2 Å². The number of benzene rings is 1. The summed E-state index contributed by atoms with van der Waals surface area (Å²) in [6.45, 7) is -1.56. The topological polar surface area (TPSA) is 83.6 Å². The number of phenols is 1. The number of nitrogens with two attached hydrogens (primary N) is 1. The Bertz CT molecular complexity index is 363. The van der Waals surface area contributed by atoms with Crippen LogP contribution in [0.2, 0.25) is 0 Å². The SMILES string of the molecule is NCC(CF)(C(=O)O)c1ccccc1O. The molecular weight excluding hydrogens is 201 g/mol. The minimum absolute atomic E-state index is 0.00231. The number of hydrogen-bond donors (Lipinski definition) is 3. The Morgan fingerprint density at radius 3 is 2.47 bits per heavy atom. The standard InChI is InChI=1S/C10H12FNO3/c11-5-10(6-12,9(14)15)7-3-1-2-4-8(7)13/h1-4,13H,5-6,12H2,(H,14,15). The molecule has 1 rings (SSSR count). The molecule has 1 aromatic rings. The lowest BCUT2D eigenvalue weighted by Crippen LogP contribution is -2.45. The molecular formula is C10H12FNO3. The van der Waals surface area contributed by atoms with Crippen molar-refractivity contribution in [2.24, 2.45) is 5.73 Å². The fraction of sp³-hybridized carbons (Fsp3) is 0.300. The quantitative estimate of drug-likeness (QED) is 0.685. The fourth-order valence-electron chi connectivity index (χ4n) is 1.37. The Hall–Kier alpha value is -1.62. The first-order valence-corrected chi connectivity index (χ1v) is 4.36. The van der Waals surface area contributed by atoms with Crippen LogP contribution in [0.25, 0.3) is 0 Å².